The van der Waals surface area contributed by atoms with Gasteiger partial charge in [-0.25, -0.2) is 0 Å². The van der Waals surface area contributed by atoms with Crippen molar-refractivity contribution < 1.29 is 19.1 Å². The van der Waals surface area contributed by atoms with Crippen molar-refractivity contribution in [2.75, 3.05) is 26.3 Å². The predicted octanol–water partition coefficient (Wildman–Crippen LogP) is 4.58. The summed E-state index contributed by atoms with van der Waals surface area (Å²) >= 11 is 0. The monoisotopic (exact) mass is 438 g/mol. The molecule has 1 heterocycles. The van der Waals surface area contributed by atoms with E-state index in [1.807, 2.05) is 32.6 Å². The van der Waals surface area contributed by atoms with Crippen molar-refractivity contribution in [1.82, 2.24) is 10.2 Å². The lowest BCUT2D eigenvalue weighted by Crippen LogP contribution is -2.38. The Labute approximate surface area is 190 Å². The normalized spacial score (nSPS) is 14.6. The highest BCUT2D eigenvalue weighted by Crippen LogP contribution is 2.29. The van der Waals surface area contributed by atoms with Crippen LogP contribution in [0.4, 0.5) is 0 Å². The highest BCUT2D eigenvalue weighted by atomic mass is 16.5. The Kier molecular flexibility index (Phi) is 8.14. The number of piperidine rings is 1. The van der Waals surface area contributed by atoms with Gasteiger partial charge in [-0.2, -0.15) is 0 Å². The van der Waals surface area contributed by atoms with Crippen LogP contribution in [0.5, 0.6) is 11.5 Å². The molecule has 0 aliphatic carbocycles. The first kappa shape index (κ1) is 23.6. The lowest BCUT2D eigenvalue weighted by molar-refractivity contribution is -0.134. The third-order valence-corrected chi connectivity index (χ3v) is 5.81. The molecule has 2 amide bonds. The number of nitrogens with zero attached hydrogens (tertiary/aromatic N) is 1. The van der Waals surface area contributed by atoms with Crippen LogP contribution in [0, 0.1) is 13.8 Å². The molecular weight excluding hydrogens is 404 g/mol. The third kappa shape index (κ3) is 6.02. The van der Waals surface area contributed by atoms with Gasteiger partial charge in [0.15, 0.2) is 18.1 Å². The largest absolute Gasteiger partial charge is 0.490 e. The molecular formula is C26H34N2O4. The van der Waals surface area contributed by atoms with Gasteiger partial charge in [0.2, 0.25) is 0 Å². The number of ether oxygens (including phenoxy) is 2. The van der Waals surface area contributed by atoms with Crippen molar-refractivity contribution in [3.8, 4) is 11.5 Å². The van der Waals surface area contributed by atoms with Crippen molar-refractivity contribution in [1.29, 1.82) is 0 Å². The van der Waals surface area contributed by atoms with E-state index in [1.54, 1.807) is 18.2 Å². The van der Waals surface area contributed by atoms with Crippen LogP contribution in [0.1, 0.15) is 66.2 Å². The van der Waals surface area contributed by atoms with E-state index in [-0.39, 0.29) is 24.5 Å². The number of carbonyl (C=O) groups is 2. The van der Waals surface area contributed by atoms with E-state index < -0.39 is 0 Å². The molecule has 0 saturated carbocycles. The lowest BCUT2D eigenvalue weighted by atomic mass is 9.99. The van der Waals surface area contributed by atoms with Gasteiger partial charge in [-0.05, 0) is 76.3 Å². The summed E-state index contributed by atoms with van der Waals surface area (Å²) in [5, 5.41) is 3.07. The SMILES string of the molecule is CCOc1cc(C(=O)NC(C)c2cc(C)ccc2C)ccc1OCC(=O)N1CCCCC1. The van der Waals surface area contributed by atoms with Crippen molar-refractivity contribution in [2.45, 2.75) is 53.0 Å². The van der Waals surface area contributed by atoms with E-state index in [0.717, 1.165) is 42.6 Å². The van der Waals surface area contributed by atoms with E-state index in [4.69, 9.17) is 9.47 Å². The molecule has 172 valence electrons. The number of nitrogens with one attached hydrogen (secondary N) is 1. The molecule has 6 heteroatoms. The predicted molar refractivity (Wildman–Crippen MR) is 125 cm³/mol. The van der Waals surface area contributed by atoms with Gasteiger partial charge in [0.25, 0.3) is 11.8 Å². The highest BCUT2D eigenvalue weighted by Gasteiger charge is 2.19. The average molecular weight is 439 g/mol. The molecule has 0 spiro atoms. The number of aryl methyl sites for hydroxylation is 2. The van der Waals surface area contributed by atoms with Gasteiger partial charge in [0.1, 0.15) is 0 Å². The van der Waals surface area contributed by atoms with E-state index in [2.05, 4.69) is 23.5 Å². The number of likely N-dealkylation sites (tertiary alicyclic amines) is 1. The minimum Gasteiger partial charge on any atom is -0.490 e. The van der Waals surface area contributed by atoms with Gasteiger partial charge in [0.05, 0.1) is 12.6 Å². The second-order valence-electron chi connectivity index (χ2n) is 8.38. The van der Waals surface area contributed by atoms with Gasteiger partial charge in [0, 0.05) is 18.7 Å². The quantitative estimate of drug-likeness (QED) is 0.655. The minimum absolute atomic E-state index is 0.0173. The zero-order chi connectivity index (χ0) is 23.1. The van der Waals surface area contributed by atoms with Gasteiger partial charge in [-0.15, -0.1) is 0 Å². The van der Waals surface area contributed by atoms with E-state index in [1.165, 1.54) is 6.42 Å². The zero-order valence-electron chi connectivity index (χ0n) is 19.6. The summed E-state index contributed by atoms with van der Waals surface area (Å²) in [6.07, 6.45) is 3.26. The molecule has 0 radical (unpaired) electrons. The molecule has 1 fully saturated rings. The number of hydrogen-bond donors (Lipinski definition) is 1. The molecule has 2 aromatic carbocycles. The van der Waals surface area contributed by atoms with Crippen molar-refractivity contribution >= 4 is 11.8 Å². The number of amides is 2. The lowest BCUT2D eigenvalue weighted by Gasteiger charge is -2.26. The van der Waals surface area contributed by atoms with Crippen LogP contribution < -0.4 is 14.8 Å². The van der Waals surface area contributed by atoms with Crippen LogP contribution in [0.15, 0.2) is 36.4 Å². The number of hydrogen-bond acceptors (Lipinski definition) is 4. The Morgan fingerprint density at radius 2 is 1.75 bits per heavy atom. The van der Waals surface area contributed by atoms with Crippen LogP contribution in [0.25, 0.3) is 0 Å². The second kappa shape index (κ2) is 11.0. The maximum absolute atomic E-state index is 12.9. The summed E-state index contributed by atoms with van der Waals surface area (Å²) in [6.45, 7) is 9.92. The van der Waals surface area contributed by atoms with E-state index >= 15 is 0 Å². The van der Waals surface area contributed by atoms with Crippen LogP contribution >= 0.6 is 0 Å². The second-order valence-corrected chi connectivity index (χ2v) is 8.38. The molecule has 1 N–H and O–H groups in total. The molecule has 6 nitrogen and oxygen atoms in total. The van der Waals surface area contributed by atoms with Gasteiger partial charge in [-0.1, -0.05) is 23.8 Å². The summed E-state index contributed by atoms with van der Waals surface area (Å²) in [5.41, 5.74) is 3.88. The van der Waals surface area contributed by atoms with Crippen LogP contribution in [-0.2, 0) is 4.79 Å². The fourth-order valence-corrected chi connectivity index (χ4v) is 4.00. The Hall–Kier alpha value is -3.02. The Morgan fingerprint density at radius 3 is 2.47 bits per heavy atom. The number of rotatable bonds is 8. The molecule has 0 bridgehead atoms. The average Bonchev–Trinajstić information content (AvgIpc) is 2.80. The summed E-state index contributed by atoms with van der Waals surface area (Å²) in [5.74, 6) is 0.730. The summed E-state index contributed by atoms with van der Waals surface area (Å²) in [4.78, 5) is 27.2. The van der Waals surface area contributed by atoms with Crippen molar-refractivity contribution in [2.24, 2.45) is 0 Å². The summed E-state index contributed by atoms with van der Waals surface area (Å²) in [7, 11) is 0. The molecule has 2 aromatic rings. The topological polar surface area (TPSA) is 67.9 Å². The Bertz CT molecular complexity index is 951. The molecule has 32 heavy (non-hydrogen) atoms. The standard InChI is InChI=1S/C26H34N2O4/c1-5-31-24-16-21(26(30)27-20(4)22-15-18(2)9-10-19(22)3)11-12-23(24)32-17-25(29)28-13-7-6-8-14-28/h9-12,15-16,20H,5-8,13-14,17H2,1-4H3,(H,27,30). The summed E-state index contributed by atoms with van der Waals surface area (Å²) in [6, 6.07) is 11.2. The van der Waals surface area contributed by atoms with Gasteiger partial charge in [-0.3, -0.25) is 9.59 Å². The summed E-state index contributed by atoms with van der Waals surface area (Å²) < 4.78 is 11.5. The van der Waals surface area contributed by atoms with Crippen molar-refractivity contribution in [3.63, 3.8) is 0 Å². The fourth-order valence-electron chi connectivity index (χ4n) is 4.00. The molecule has 1 aliphatic heterocycles. The molecule has 1 unspecified atom stereocenters. The Morgan fingerprint density at radius 1 is 1.00 bits per heavy atom. The maximum Gasteiger partial charge on any atom is 0.260 e. The van der Waals surface area contributed by atoms with Crippen LogP contribution in [-0.4, -0.2) is 43.0 Å². The molecule has 3 rings (SSSR count). The van der Waals surface area contributed by atoms with Gasteiger partial charge < -0.3 is 19.7 Å². The first-order valence-electron chi connectivity index (χ1n) is 11.4. The first-order chi connectivity index (χ1) is 15.4. The fraction of sp³-hybridized carbons (Fsp3) is 0.462. The van der Waals surface area contributed by atoms with Crippen LogP contribution in [0.3, 0.4) is 0 Å². The highest BCUT2D eigenvalue weighted by molar-refractivity contribution is 5.95. The maximum atomic E-state index is 12.9. The smallest absolute Gasteiger partial charge is 0.260 e. The molecule has 1 saturated heterocycles. The number of carbonyl (C=O) groups excluding carboxylic acids is 2. The van der Waals surface area contributed by atoms with E-state index in [0.29, 0.717) is 23.7 Å². The molecule has 1 aliphatic rings. The Balaban J connectivity index is 1.68. The van der Waals surface area contributed by atoms with E-state index in [9.17, 15) is 9.59 Å². The minimum atomic E-state index is -0.185. The number of benzene rings is 2. The first-order valence-corrected chi connectivity index (χ1v) is 11.4. The van der Waals surface area contributed by atoms with Crippen molar-refractivity contribution in [3.05, 3.63) is 58.7 Å². The molecule has 0 aromatic heterocycles. The molecule has 1 atom stereocenters. The van der Waals surface area contributed by atoms with Gasteiger partial charge >= 0.3 is 0 Å². The zero-order valence-corrected chi connectivity index (χ0v) is 19.6. The third-order valence-electron chi connectivity index (χ3n) is 5.81. The van der Waals surface area contributed by atoms with Crippen LogP contribution in [0.2, 0.25) is 0 Å².